The van der Waals surface area contributed by atoms with Gasteiger partial charge < -0.3 is 15.3 Å². The van der Waals surface area contributed by atoms with Crippen molar-refractivity contribution in [3.8, 4) is 12.3 Å². The van der Waals surface area contributed by atoms with Crippen molar-refractivity contribution in [2.24, 2.45) is 28.6 Å². The van der Waals surface area contributed by atoms with Crippen LogP contribution in [0.5, 0.6) is 0 Å². The molecule has 0 radical (unpaired) electrons. The summed E-state index contributed by atoms with van der Waals surface area (Å²) in [5.41, 5.74) is 0.0304. The van der Waals surface area contributed by atoms with E-state index in [1.165, 1.54) is 5.57 Å². The fourth-order valence-corrected chi connectivity index (χ4v) is 6.93. The molecule has 0 amide bonds. The maximum absolute atomic E-state index is 11.0. The third-order valence-electron chi connectivity index (χ3n) is 8.50. The molecule has 0 aromatic carbocycles. The monoisotopic (exact) mass is 330 g/mol. The van der Waals surface area contributed by atoms with Gasteiger partial charge in [-0.05, 0) is 68.1 Å². The molecule has 8 atom stereocenters. The van der Waals surface area contributed by atoms with Crippen LogP contribution in [0.1, 0.15) is 58.8 Å². The fraction of sp³-hybridized carbons (Fsp3) is 0.810. The van der Waals surface area contributed by atoms with E-state index in [-0.39, 0.29) is 34.9 Å². The van der Waals surface area contributed by atoms with Gasteiger partial charge in [-0.2, -0.15) is 0 Å². The van der Waals surface area contributed by atoms with Gasteiger partial charge in [0.2, 0.25) is 0 Å². The Balaban J connectivity index is 1.74. The molecule has 3 fully saturated rings. The molecule has 0 heterocycles. The van der Waals surface area contributed by atoms with Crippen molar-refractivity contribution in [1.29, 1.82) is 0 Å². The minimum absolute atomic E-state index is 0.0846. The van der Waals surface area contributed by atoms with E-state index in [2.05, 4.69) is 19.8 Å². The highest BCUT2D eigenvalue weighted by Crippen LogP contribution is 2.67. The summed E-state index contributed by atoms with van der Waals surface area (Å²) in [6, 6.07) is 0. The first-order chi connectivity index (χ1) is 11.2. The third-order valence-corrected chi connectivity index (χ3v) is 8.50. The molecule has 3 N–H and O–H groups in total. The maximum atomic E-state index is 11.0. The zero-order valence-corrected chi connectivity index (χ0v) is 14.8. The van der Waals surface area contributed by atoms with E-state index in [0.29, 0.717) is 18.8 Å². The third kappa shape index (κ3) is 1.91. The van der Waals surface area contributed by atoms with E-state index in [4.69, 9.17) is 6.42 Å². The molecular formula is C21H30O3. The van der Waals surface area contributed by atoms with Crippen molar-refractivity contribution in [3.05, 3.63) is 11.6 Å². The average Bonchev–Trinajstić information content (AvgIpc) is 2.82. The molecule has 0 bridgehead atoms. The lowest BCUT2D eigenvalue weighted by Crippen LogP contribution is -2.58. The fourth-order valence-electron chi connectivity index (χ4n) is 6.93. The lowest BCUT2D eigenvalue weighted by molar-refractivity contribution is -0.136. The molecule has 0 aromatic rings. The number of aliphatic hydroxyl groups excluding tert-OH is 2. The summed E-state index contributed by atoms with van der Waals surface area (Å²) in [5, 5.41) is 32.0. The van der Waals surface area contributed by atoms with Gasteiger partial charge in [0.1, 0.15) is 5.60 Å². The standard InChI is InChI=1S/C21H30O3/c1-4-21(24)10-7-16-18-15(6-9-20(16,21)3)19(2)8-5-14(22)11-13(19)12-17(18)23/h1,11,14-18,22-24H,5-10,12H2,2-3H3/t14-,15+,16+,17-,18-,19+,20+,21+/m1/s1. The minimum Gasteiger partial charge on any atom is -0.392 e. The van der Waals surface area contributed by atoms with Gasteiger partial charge >= 0.3 is 0 Å². The Bertz CT molecular complexity index is 619. The van der Waals surface area contributed by atoms with E-state index in [1.807, 2.05) is 6.08 Å². The van der Waals surface area contributed by atoms with Crippen LogP contribution in [-0.4, -0.2) is 33.1 Å². The van der Waals surface area contributed by atoms with E-state index in [9.17, 15) is 15.3 Å². The molecule has 4 aliphatic rings. The number of rotatable bonds is 0. The van der Waals surface area contributed by atoms with Crippen LogP contribution in [0.3, 0.4) is 0 Å². The van der Waals surface area contributed by atoms with Crippen LogP contribution in [0, 0.1) is 40.9 Å². The summed E-state index contributed by atoms with van der Waals surface area (Å²) in [6.45, 7) is 4.48. The Morgan fingerprint density at radius 2 is 1.79 bits per heavy atom. The molecule has 0 aliphatic heterocycles. The highest BCUT2D eigenvalue weighted by atomic mass is 16.3. The number of hydrogen-bond acceptors (Lipinski definition) is 3. The van der Waals surface area contributed by atoms with Crippen LogP contribution >= 0.6 is 0 Å². The van der Waals surface area contributed by atoms with Crippen LogP contribution < -0.4 is 0 Å². The highest BCUT2D eigenvalue weighted by molar-refractivity contribution is 5.29. The predicted octanol–water partition coefficient (Wildman–Crippen LogP) is 2.65. The zero-order chi connectivity index (χ0) is 17.3. The molecule has 0 unspecified atom stereocenters. The number of fused-ring (bicyclic) bond motifs is 5. The van der Waals surface area contributed by atoms with Crippen LogP contribution in [0.2, 0.25) is 0 Å². The molecule has 132 valence electrons. The van der Waals surface area contributed by atoms with Crippen molar-refractivity contribution < 1.29 is 15.3 Å². The maximum Gasteiger partial charge on any atom is 0.130 e. The molecule has 4 rings (SSSR count). The summed E-state index contributed by atoms with van der Waals surface area (Å²) >= 11 is 0. The van der Waals surface area contributed by atoms with E-state index in [0.717, 1.165) is 32.1 Å². The Morgan fingerprint density at radius 3 is 2.50 bits per heavy atom. The minimum atomic E-state index is -1.03. The molecule has 0 saturated heterocycles. The molecular weight excluding hydrogens is 300 g/mol. The van der Waals surface area contributed by atoms with Gasteiger partial charge in [-0.15, -0.1) is 6.42 Å². The van der Waals surface area contributed by atoms with Crippen LogP contribution in [0.15, 0.2) is 11.6 Å². The van der Waals surface area contributed by atoms with Crippen molar-refractivity contribution in [1.82, 2.24) is 0 Å². The van der Waals surface area contributed by atoms with Crippen molar-refractivity contribution in [2.45, 2.75) is 76.6 Å². The summed E-state index contributed by atoms with van der Waals surface area (Å²) in [6.07, 6.45) is 12.9. The molecule has 0 aromatic heterocycles. The average molecular weight is 330 g/mol. The number of terminal acetylenes is 1. The Morgan fingerprint density at radius 1 is 1.08 bits per heavy atom. The van der Waals surface area contributed by atoms with Gasteiger partial charge in [0.05, 0.1) is 12.2 Å². The van der Waals surface area contributed by atoms with Crippen LogP contribution in [0.25, 0.3) is 0 Å². The molecule has 3 saturated carbocycles. The van der Waals surface area contributed by atoms with E-state index in [1.54, 1.807) is 0 Å². The van der Waals surface area contributed by atoms with Gasteiger partial charge in [0.15, 0.2) is 0 Å². The van der Waals surface area contributed by atoms with Gasteiger partial charge in [-0.3, -0.25) is 0 Å². The smallest absolute Gasteiger partial charge is 0.130 e. The summed E-state index contributed by atoms with van der Waals surface area (Å²) in [7, 11) is 0. The molecule has 24 heavy (non-hydrogen) atoms. The van der Waals surface area contributed by atoms with Crippen LogP contribution in [-0.2, 0) is 0 Å². The lowest BCUT2D eigenvalue weighted by atomic mass is 9.45. The first kappa shape index (κ1) is 16.6. The topological polar surface area (TPSA) is 60.7 Å². The molecule has 0 spiro atoms. The second-order valence-corrected chi connectivity index (χ2v) is 9.28. The van der Waals surface area contributed by atoms with Gasteiger partial charge in [-0.25, -0.2) is 0 Å². The Kier molecular flexibility index (Phi) is 3.53. The van der Waals surface area contributed by atoms with Gasteiger partial charge in [0, 0.05) is 5.41 Å². The predicted molar refractivity (Wildman–Crippen MR) is 92.9 cm³/mol. The Labute approximate surface area is 145 Å². The van der Waals surface area contributed by atoms with Crippen LogP contribution in [0.4, 0.5) is 0 Å². The summed E-state index contributed by atoms with van der Waals surface area (Å²) in [4.78, 5) is 0. The normalized spacial score (nSPS) is 56.5. The van der Waals surface area contributed by atoms with Gasteiger partial charge in [-0.1, -0.05) is 31.4 Å². The lowest BCUT2D eigenvalue weighted by Gasteiger charge is -2.60. The molecule has 4 aliphatic carbocycles. The zero-order valence-electron chi connectivity index (χ0n) is 14.8. The Hall–Kier alpha value is -0.820. The van der Waals surface area contributed by atoms with E-state index < -0.39 is 5.60 Å². The quantitative estimate of drug-likeness (QED) is 0.473. The molecule has 3 nitrogen and oxygen atoms in total. The second kappa shape index (κ2) is 5.10. The first-order valence-electron chi connectivity index (χ1n) is 9.53. The summed E-state index contributed by atoms with van der Waals surface area (Å²) in [5.74, 6) is 3.62. The van der Waals surface area contributed by atoms with E-state index >= 15 is 0 Å². The molecule has 3 heteroatoms. The first-order valence-corrected chi connectivity index (χ1v) is 9.53. The number of aliphatic hydroxyl groups is 3. The van der Waals surface area contributed by atoms with Gasteiger partial charge in [0.25, 0.3) is 0 Å². The second-order valence-electron chi connectivity index (χ2n) is 9.28. The van der Waals surface area contributed by atoms with Crippen molar-refractivity contribution in [2.75, 3.05) is 0 Å². The highest BCUT2D eigenvalue weighted by Gasteiger charge is 2.65. The van der Waals surface area contributed by atoms with Crippen molar-refractivity contribution >= 4 is 0 Å². The number of hydrogen-bond donors (Lipinski definition) is 3. The summed E-state index contributed by atoms with van der Waals surface area (Å²) < 4.78 is 0. The largest absolute Gasteiger partial charge is 0.392 e. The SMILES string of the molecule is C#C[C@]1(O)CC[C@H]2[C@@H]3[C@H](O)CC4=C[C@H](O)CC[C@]4(C)[C@H]3CC[C@@]21C. The van der Waals surface area contributed by atoms with Crippen molar-refractivity contribution in [3.63, 3.8) is 0 Å².